The van der Waals surface area contributed by atoms with Crippen LogP contribution < -0.4 is 4.90 Å². The van der Waals surface area contributed by atoms with Crippen LogP contribution in [0, 0.1) is 0 Å². The molecule has 0 saturated carbocycles. The van der Waals surface area contributed by atoms with E-state index < -0.39 is 0 Å². The van der Waals surface area contributed by atoms with E-state index in [4.69, 9.17) is 4.42 Å². The van der Waals surface area contributed by atoms with Gasteiger partial charge in [0.05, 0.1) is 5.69 Å². The fourth-order valence-electron chi connectivity index (χ4n) is 7.84. The fourth-order valence-corrected chi connectivity index (χ4v) is 7.84. The second-order valence-electron chi connectivity index (χ2n) is 13.7. The Morgan fingerprint density at radius 1 is 0.333 bits per heavy atom. The first-order valence-corrected chi connectivity index (χ1v) is 18.4. The molecule has 0 spiro atoms. The summed E-state index contributed by atoms with van der Waals surface area (Å²) in [6, 6.07) is 75.8. The second-order valence-corrected chi connectivity index (χ2v) is 13.7. The summed E-state index contributed by atoms with van der Waals surface area (Å²) in [6.07, 6.45) is 0. The van der Waals surface area contributed by atoms with Crippen molar-refractivity contribution in [3.8, 4) is 44.5 Å². The molecule has 1 heterocycles. The third-order valence-corrected chi connectivity index (χ3v) is 10.5. The standard InChI is InChI=1S/C52H35NO/c1-3-13-36(14-4-1)38-25-29-43(30-26-38)53(49-21-11-9-19-45(49)39-16-5-2-6-17-39)44-31-27-40(28-32-44)46-33-34-48-47-20-10-12-22-50(47)54-52(48)51(46)42-24-23-37-15-7-8-18-41(37)35-42/h1-35H. The molecule has 10 rings (SSSR count). The number of hydrogen-bond acceptors (Lipinski definition) is 2. The first-order chi connectivity index (χ1) is 26.8. The molecule has 1 aromatic heterocycles. The Kier molecular flexibility index (Phi) is 7.85. The van der Waals surface area contributed by atoms with Gasteiger partial charge in [0.2, 0.25) is 0 Å². The van der Waals surface area contributed by atoms with Crippen LogP contribution in [0.15, 0.2) is 217 Å². The van der Waals surface area contributed by atoms with Crippen molar-refractivity contribution in [2.75, 3.05) is 4.90 Å². The van der Waals surface area contributed by atoms with Gasteiger partial charge in [-0.1, -0.05) is 164 Å². The van der Waals surface area contributed by atoms with Crippen LogP contribution in [0.2, 0.25) is 0 Å². The molecular weight excluding hydrogens is 655 g/mol. The topological polar surface area (TPSA) is 16.4 Å². The lowest BCUT2D eigenvalue weighted by Gasteiger charge is -2.28. The third kappa shape index (κ3) is 5.62. The van der Waals surface area contributed by atoms with Gasteiger partial charge in [-0.2, -0.15) is 0 Å². The molecule has 0 aliphatic heterocycles. The smallest absolute Gasteiger partial charge is 0.143 e. The summed E-state index contributed by atoms with van der Waals surface area (Å²) in [6.45, 7) is 0. The fraction of sp³-hybridized carbons (Fsp3) is 0. The van der Waals surface area contributed by atoms with Gasteiger partial charge in [-0.15, -0.1) is 0 Å². The maximum absolute atomic E-state index is 6.68. The van der Waals surface area contributed by atoms with Crippen molar-refractivity contribution in [1.82, 2.24) is 0 Å². The van der Waals surface area contributed by atoms with Crippen LogP contribution in [0.1, 0.15) is 0 Å². The largest absolute Gasteiger partial charge is 0.455 e. The van der Waals surface area contributed by atoms with Gasteiger partial charge in [-0.05, 0) is 92.7 Å². The molecule has 0 atom stereocenters. The van der Waals surface area contributed by atoms with Crippen molar-refractivity contribution in [2.45, 2.75) is 0 Å². The lowest BCUT2D eigenvalue weighted by Crippen LogP contribution is -2.11. The quantitative estimate of drug-likeness (QED) is 0.166. The van der Waals surface area contributed by atoms with Crippen LogP contribution in [-0.2, 0) is 0 Å². The van der Waals surface area contributed by atoms with Crippen molar-refractivity contribution < 1.29 is 4.42 Å². The second kappa shape index (κ2) is 13.4. The van der Waals surface area contributed by atoms with E-state index in [9.17, 15) is 0 Å². The minimum Gasteiger partial charge on any atom is -0.455 e. The Balaban J connectivity index is 1.13. The van der Waals surface area contributed by atoms with Gasteiger partial charge in [0.25, 0.3) is 0 Å². The maximum atomic E-state index is 6.68. The molecule has 0 N–H and O–H groups in total. The van der Waals surface area contributed by atoms with E-state index in [2.05, 4.69) is 211 Å². The molecule has 254 valence electrons. The Bertz CT molecular complexity index is 2910. The molecule has 0 amide bonds. The summed E-state index contributed by atoms with van der Waals surface area (Å²) in [5.41, 5.74) is 14.3. The van der Waals surface area contributed by atoms with E-state index >= 15 is 0 Å². The van der Waals surface area contributed by atoms with Crippen molar-refractivity contribution >= 4 is 49.8 Å². The highest BCUT2D eigenvalue weighted by atomic mass is 16.3. The lowest BCUT2D eigenvalue weighted by molar-refractivity contribution is 0.670. The molecule has 54 heavy (non-hydrogen) atoms. The zero-order valence-electron chi connectivity index (χ0n) is 29.6. The molecule has 0 fully saturated rings. The van der Waals surface area contributed by atoms with Crippen molar-refractivity contribution in [3.05, 3.63) is 212 Å². The van der Waals surface area contributed by atoms with E-state index in [-0.39, 0.29) is 0 Å². The van der Waals surface area contributed by atoms with Gasteiger partial charge >= 0.3 is 0 Å². The monoisotopic (exact) mass is 689 g/mol. The van der Waals surface area contributed by atoms with E-state index in [0.29, 0.717) is 0 Å². The minimum atomic E-state index is 0.896. The van der Waals surface area contributed by atoms with E-state index in [1.807, 2.05) is 6.07 Å². The summed E-state index contributed by atoms with van der Waals surface area (Å²) in [5.74, 6) is 0. The number of para-hydroxylation sites is 2. The molecule has 0 aliphatic carbocycles. The summed E-state index contributed by atoms with van der Waals surface area (Å²) in [5, 5.41) is 4.67. The summed E-state index contributed by atoms with van der Waals surface area (Å²) in [7, 11) is 0. The van der Waals surface area contributed by atoms with Crippen LogP contribution >= 0.6 is 0 Å². The lowest BCUT2D eigenvalue weighted by atomic mass is 9.91. The molecule has 0 bridgehead atoms. The van der Waals surface area contributed by atoms with Crippen LogP contribution in [0.3, 0.4) is 0 Å². The number of hydrogen-bond donors (Lipinski definition) is 0. The molecular formula is C52H35NO. The number of furan rings is 1. The highest BCUT2D eigenvalue weighted by Gasteiger charge is 2.20. The minimum absolute atomic E-state index is 0.896. The molecule has 2 nitrogen and oxygen atoms in total. The Morgan fingerprint density at radius 3 is 1.65 bits per heavy atom. The van der Waals surface area contributed by atoms with Gasteiger partial charge in [0, 0.05) is 33.3 Å². The van der Waals surface area contributed by atoms with Gasteiger partial charge in [-0.3, -0.25) is 0 Å². The normalized spacial score (nSPS) is 11.3. The highest BCUT2D eigenvalue weighted by molar-refractivity contribution is 6.13. The van der Waals surface area contributed by atoms with Gasteiger partial charge < -0.3 is 9.32 Å². The predicted molar refractivity (Wildman–Crippen MR) is 228 cm³/mol. The SMILES string of the molecule is c1ccc(-c2ccc(N(c3ccc(-c4ccc5c(oc6ccccc65)c4-c4ccc5ccccc5c4)cc3)c3ccccc3-c3ccccc3)cc2)cc1. The number of rotatable bonds is 7. The van der Waals surface area contributed by atoms with Crippen LogP contribution in [0.5, 0.6) is 0 Å². The Hall–Kier alpha value is -7.16. The molecule has 9 aromatic carbocycles. The van der Waals surface area contributed by atoms with Gasteiger partial charge in [0.1, 0.15) is 11.2 Å². The van der Waals surface area contributed by atoms with E-state index in [1.165, 1.54) is 33.0 Å². The van der Waals surface area contributed by atoms with Crippen LogP contribution in [0.25, 0.3) is 77.2 Å². The summed E-state index contributed by atoms with van der Waals surface area (Å²) < 4.78 is 6.68. The van der Waals surface area contributed by atoms with Gasteiger partial charge in [0.15, 0.2) is 0 Å². The van der Waals surface area contributed by atoms with E-state index in [0.717, 1.165) is 61.3 Å². The molecule has 0 unspecified atom stereocenters. The van der Waals surface area contributed by atoms with Crippen molar-refractivity contribution in [1.29, 1.82) is 0 Å². The Labute approximate surface area is 314 Å². The first kappa shape index (κ1) is 31.6. The van der Waals surface area contributed by atoms with E-state index in [1.54, 1.807) is 0 Å². The average Bonchev–Trinajstić information content (AvgIpc) is 3.63. The van der Waals surface area contributed by atoms with Crippen molar-refractivity contribution in [3.63, 3.8) is 0 Å². The molecule has 2 heteroatoms. The van der Waals surface area contributed by atoms with Crippen molar-refractivity contribution in [2.24, 2.45) is 0 Å². The predicted octanol–water partition coefficient (Wildman–Crippen LogP) is 14.9. The van der Waals surface area contributed by atoms with Crippen LogP contribution in [-0.4, -0.2) is 0 Å². The van der Waals surface area contributed by atoms with Gasteiger partial charge in [-0.25, -0.2) is 0 Å². The number of nitrogens with zero attached hydrogens (tertiary/aromatic N) is 1. The summed E-state index contributed by atoms with van der Waals surface area (Å²) >= 11 is 0. The third-order valence-electron chi connectivity index (χ3n) is 10.5. The molecule has 0 aliphatic rings. The maximum Gasteiger partial charge on any atom is 0.143 e. The number of fused-ring (bicyclic) bond motifs is 4. The zero-order chi connectivity index (χ0) is 35.8. The average molecular weight is 690 g/mol. The zero-order valence-corrected chi connectivity index (χ0v) is 29.6. The first-order valence-electron chi connectivity index (χ1n) is 18.4. The number of anilines is 3. The highest BCUT2D eigenvalue weighted by Crippen LogP contribution is 2.45. The molecule has 0 saturated heterocycles. The molecule has 10 aromatic rings. The Morgan fingerprint density at radius 2 is 0.889 bits per heavy atom. The number of benzene rings is 9. The molecule has 0 radical (unpaired) electrons. The van der Waals surface area contributed by atoms with Crippen LogP contribution in [0.4, 0.5) is 17.1 Å². The summed E-state index contributed by atoms with van der Waals surface area (Å²) in [4.78, 5) is 2.37.